The summed E-state index contributed by atoms with van der Waals surface area (Å²) in [6.07, 6.45) is 9.14. The number of hydrogen-bond acceptors (Lipinski definition) is 0. The molecule has 0 aromatic heterocycles. The van der Waals surface area contributed by atoms with Crippen LogP contribution in [0.15, 0.2) is 30.3 Å². The van der Waals surface area contributed by atoms with Crippen LogP contribution in [0.4, 0.5) is 0 Å². The molecule has 0 radical (unpaired) electrons. The fraction of sp³-hybridized carbons (Fsp3) is 0.429. The molecule has 0 atom stereocenters. The normalized spacial score (nSPS) is 11.1. The molecule has 0 saturated carbocycles. The lowest BCUT2D eigenvalue weighted by Gasteiger charge is -2.01. The highest BCUT2D eigenvalue weighted by atomic mass is 35.5. The van der Waals surface area contributed by atoms with Crippen LogP contribution < -0.4 is 0 Å². The van der Waals surface area contributed by atoms with Crippen LogP contribution in [0.3, 0.4) is 0 Å². The van der Waals surface area contributed by atoms with Crippen molar-refractivity contribution in [3.05, 3.63) is 41.5 Å². The van der Waals surface area contributed by atoms with Gasteiger partial charge in [0, 0.05) is 5.88 Å². The van der Waals surface area contributed by atoms with Gasteiger partial charge in [-0.2, -0.15) is 0 Å². The Morgan fingerprint density at radius 2 is 1.87 bits per heavy atom. The van der Waals surface area contributed by atoms with Gasteiger partial charge in [0.1, 0.15) is 0 Å². The van der Waals surface area contributed by atoms with Crippen LogP contribution in [-0.4, -0.2) is 5.88 Å². The summed E-state index contributed by atoms with van der Waals surface area (Å²) in [6, 6.07) is 8.74. The van der Waals surface area contributed by atoms with Crippen LogP contribution in [0.1, 0.15) is 37.3 Å². The predicted octanol–water partition coefficient (Wildman–Crippen LogP) is 4.67. The molecule has 0 N–H and O–H groups in total. The first kappa shape index (κ1) is 12.3. The van der Waals surface area contributed by atoms with Gasteiger partial charge in [-0.25, -0.2) is 0 Å². The van der Waals surface area contributed by atoms with Crippen molar-refractivity contribution in [2.75, 3.05) is 5.88 Å². The third-order valence-corrected chi connectivity index (χ3v) is 2.63. The summed E-state index contributed by atoms with van der Waals surface area (Å²) in [7, 11) is 0. The van der Waals surface area contributed by atoms with Gasteiger partial charge in [-0.15, -0.1) is 11.6 Å². The lowest BCUT2D eigenvalue weighted by atomic mass is 10.1. The Bertz CT molecular complexity index is 285. The second-order valence-electron chi connectivity index (χ2n) is 3.76. The van der Waals surface area contributed by atoms with Gasteiger partial charge in [0.2, 0.25) is 0 Å². The lowest BCUT2D eigenvalue weighted by molar-refractivity contribution is 0.717. The molecule has 0 unspecified atom stereocenters. The minimum atomic E-state index is 0.582. The van der Waals surface area contributed by atoms with E-state index in [9.17, 15) is 0 Å². The van der Waals surface area contributed by atoms with Crippen molar-refractivity contribution in [1.29, 1.82) is 0 Å². The Labute approximate surface area is 98.0 Å². The second-order valence-corrected chi connectivity index (χ2v) is 4.06. The minimum absolute atomic E-state index is 0.582. The molecule has 0 heterocycles. The van der Waals surface area contributed by atoms with E-state index < -0.39 is 0 Å². The molecule has 0 bridgehead atoms. The third kappa shape index (κ3) is 5.03. The van der Waals surface area contributed by atoms with Gasteiger partial charge < -0.3 is 0 Å². The molecule has 15 heavy (non-hydrogen) atoms. The first-order valence-electron chi connectivity index (χ1n) is 5.68. The molecule has 0 aliphatic carbocycles. The van der Waals surface area contributed by atoms with E-state index in [4.69, 9.17) is 11.6 Å². The molecule has 0 spiro atoms. The van der Waals surface area contributed by atoms with Gasteiger partial charge in [0.25, 0.3) is 0 Å². The molecule has 1 aromatic carbocycles. The predicted molar refractivity (Wildman–Crippen MR) is 69.4 cm³/mol. The van der Waals surface area contributed by atoms with Crippen molar-refractivity contribution in [1.82, 2.24) is 0 Å². The topological polar surface area (TPSA) is 0 Å². The van der Waals surface area contributed by atoms with Crippen LogP contribution in [0, 0.1) is 0 Å². The summed E-state index contributed by atoms with van der Waals surface area (Å²) in [6.45, 7) is 2.24. The number of hydrogen-bond donors (Lipinski definition) is 0. The maximum Gasteiger partial charge on any atom is 0.0407 e. The zero-order valence-electron chi connectivity index (χ0n) is 9.38. The summed E-state index contributed by atoms with van der Waals surface area (Å²) in [5, 5.41) is 0. The molecule has 82 valence electrons. The van der Waals surface area contributed by atoms with E-state index in [1.165, 1.54) is 36.8 Å². The van der Waals surface area contributed by atoms with Gasteiger partial charge in [-0.3, -0.25) is 0 Å². The largest absolute Gasteiger partial charge is 0.122 e. The number of rotatable bonds is 6. The maximum atomic E-state index is 5.58. The van der Waals surface area contributed by atoms with Crippen molar-refractivity contribution in [2.45, 2.75) is 32.6 Å². The highest BCUT2D eigenvalue weighted by molar-refractivity contribution is 6.19. The molecular weight excluding hydrogens is 204 g/mol. The van der Waals surface area contributed by atoms with E-state index in [1.54, 1.807) is 0 Å². The third-order valence-electron chi connectivity index (χ3n) is 2.45. The average molecular weight is 223 g/mol. The van der Waals surface area contributed by atoms with Crippen molar-refractivity contribution in [3.63, 3.8) is 0 Å². The van der Waals surface area contributed by atoms with E-state index in [0.29, 0.717) is 5.88 Å². The quantitative estimate of drug-likeness (QED) is 0.485. The Morgan fingerprint density at radius 3 is 2.47 bits per heavy atom. The summed E-state index contributed by atoms with van der Waals surface area (Å²) in [5.74, 6) is 0.582. The zero-order chi connectivity index (χ0) is 10.9. The molecule has 0 amide bonds. The number of aryl methyl sites for hydroxylation is 1. The monoisotopic (exact) mass is 222 g/mol. The first-order chi connectivity index (χ1) is 7.36. The molecule has 1 heteroatoms. The Hall–Kier alpha value is -0.750. The summed E-state index contributed by atoms with van der Waals surface area (Å²) < 4.78 is 0. The van der Waals surface area contributed by atoms with E-state index in [1.807, 2.05) is 6.08 Å². The van der Waals surface area contributed by atoms with Gasteiger partial charge in [-0.1, -0.05) is 56.2 Å². The summed E-state index contributed by atoms with van der Waals surface area (Å²) in [5.41, 5.74) is 2.67. The highest BCUT2D eigenvalue weighted by Gasteiger charge is 1.92. The van der Waals surface area contributed by atoms with Crippen LogP contribution in [-0.2, 0) is 6.42 Å². The maximum absolute atomic E-state index is 5.58. The molecule has 0 nitrogen and oxygen atoms in total. The Morgan fingerprint density at radius 1 is 1.13 bits per heavy atom. The standard InChI is InChI=1S/C14H19Cl/c1-2-3-4-6-13-8-10-14(11-9-13)7-5-12-15/h5,7-11H,2-4,6,12H2,1H3. The zero-order valence-corrected chi connectivity index (χ0v) is 10.1. The molecule has 0 saturated heterocycles. The van der Waals surface area contributed by atoms with Gasteiger partial charge in [0.15, 0.2) is 0 Å². The van der Waals surface area contributed by atoms with Crippen molar-refractivity contribution in [2.24, 2.45) is 0 Å². The molecule has 1 aromatic rings. The Kier molecular flexibility index (Phi) is 6.18. The molecular formula is C14H19Cl. The second kappa shape index (κ2) is 7.53. The molecule has 0 aliphatic heterocycles. The number of unbranched alkanes of at least 4 members (excludes halogenated alkanes) is 2. The van der Waals surface area contributed by atoms with Gasteiger partial charge >= 0.3 is 0 Å². The fourth-order valence-electron chi connectivity index (χ4n) is 1.56. The average Bonchev–Trinajstić information content (AvgIpc) is 2.28. The number of allylic oxidation sites excluding steroid dienone is 1. The number of benzene rings is 1. The van der Waals surface area contributed by atoms with Crippen LogP contribution in [0.25, 0.3) is 6.08 Å². The van der Waals surface area contributed by atoms with E-state index >= 15 is 0 Å². The van der Waals surface area contributed by atoms with Crippen LogP contribution in [0.2, 0.25) is 0 Å². The van der Waals surface area contributed by atoms with Crippen molar-refractivity contribution >= 4 is 17.7 Å². The smallest absolute Gasteiger partial charge is 0.0407 e. The van der Waals surface area contributed by atoms with Crippen molar-refractivity contribution in [3.8, 4) is 0 Å². The summed E-state index contributed by atoms with van der Waals surface area (Å²) in [4.78, 5) is 0. The Balaban J connectivity index is 2.45. The lowest BCUT2D eigenvalue weighted by Crippen LogP contribution is -1.85. The van der Waals surface area contributed by atoms with Gasteiger partial charge in [-0.05, 0) is 24.0 Å². The van der Waals surface area contributed by atoms with Crippen LogP contribution in [0.5, 0.6) is 0 Å². The van der Waals surface area contributed by atoms with E-state index in [-0.39, 0.29) is 0 Å². The summed E-state index contributed by atoms with van der Waals surface area (Å²) >= 11 is 5.58. The number of halogens is 1. The van der Waals surface area contributed by atoms with Crippen molar-refractivity contribution < 1.29 is 0 Å². The molecule has 0 fully saturated rings. The highest BCUT2D eigenvalue weighted by Crippen LogP contribution is 2.10. The van der Waals surface area contributed by atoms with Crippen LogP contribution >= 0.6 is 11.6 Å². The molecule has 1 rings (SSSR count). The first-order valence-corrected chi connectivity index (χ1v) is 6.21. The van der Waals surface area contributed by atoms with E-state index in [2.05, 4.69) is 37.3 Å². The minimum Gasteiger partial charge on any atom is -0.122 e. The van der Waals surface area contributed by atoms with E-state index in [0.717, 1.165) is 0 Å². The fourth-order valence-corrected chi connectivity index (χ4v) is 1.64. The SMILES string of the molecule is CCCCCc1ccc(C=CCCl)cc1. The molecule has 0 aliphatic rings. The van der Waals surface area contributed by atoms with Gasteiger partial charge in [0.05, 0.1) is 0 Å². The number of alkyl halides is 1.